The Labute approximate surface area is 147 Å². The molecule has 0 bridgehead atoms. The van der Waals surface area contributed by atoms with Crippen LogP contribution in [0.5, 0.6) is 11.6 Å². The van der Waals surface area contributed by atoms with Gasteiger partial charge in [-0.05, 0) is 30.4 Å². The summed E-state index contributed by atoms with van der Waals surface area (Å²) >= 11 is 1.84. The minimum Gasteiger partial charge on any atom is -0.473 e. The molecule has 0 unspecified atom stereocenters. The first-order chi connectivity index (χ1) is 12.1. The number of nitrogens with zero attached hydrogens (tertiary/aromatic N) is 1. The number of anilines is 1. The molecule has 0 radical (unpaired) electrons. The molecule has 0 spiro atoms. The highest BCUT2D eigenvalue weighted by Crippen LogP contribution is 2.23. The zero-order valence-electron chi connectivity index (χ0n) is 13.2. The van der Waals surface area contributed by atoms with E-state index < -0.39 is 12.5 Å². The first-order valence-electron chi connectivity index (χ1n) is 7.67. The lowest BCUT2D eigenvalue weighted by Gasteiger charge is -2.12. The van der Waals surface area contributed by atoms with E-state index in [4.69, 9.17) is 4.74 Å². The van der Waals surface area contributed by atoms with E-state index in [9.17, 15) is 13.6 Å². The summed E-state index contributed by atoms with van der Waals surface area (Å²) in [6, 6.07) is 9.07. The zero-order chi connectivity index (χ0) is 17.6. The number of hydrogen-bond donors (Lipinski definition) is 1. The van der Waals surface area contributed by atoms with Gasteiger partial charge in [0.05, 0.1) is 5.56 Å². The maximum absolute atomic E-state index is 12.2. The number of amides is 1. The van der Waals surface area contributed by atoms with Crippen LogP contribution < -0.4 is 14.8 Å². The molecule has 2 aromatic rings. The van der Waals surface area contributed by atoms with Crippen LogP contribution in [0, 0.1) is 0 Å². The highest BCUT2D eigenvalue weighted by Gasteiger charge is 2.17. The fourth-order valence-electron chi connectivity index (χ4n) is 2.31. The molecule has 1 aliphatic heterocycles. The Hall–Kier alpha value is -2.35. The molecule has 1 aromatic carbocycles. The third-order valence-electron chi connectivity index (χ3n) is 3.49. The number of rotatable bonds is 6. The van der Waals surface area contributed by atoms with Crippen molar-refractivity contribution < 1.29 is 23.0 Å². The number of carbonyl (C=O) groups excluding carboxylic acids is 1. The van der Waals surface area contributed by atoms with E-state index in [0.29, 0.717) is 17.1 Å². The molecule has 1 saturated heterocycles. The van der Waals surface area contributed by atoms with Crippen molar-refractivity contribution in [2.45, 2.75) is 19.1 Å². The van der Waals surface area contributed by atoms with E-state index in [2.05, 4.69) is 15.0 Å². The van der Waals surface area contributed by atoms with Gasteiger partial charge in [0.25, 0.3) is 5.91 Å². The lowest BCUT2D eigenvalue weighted by Crippen LogP contribution is -2.16. The summed E-state index contributed by atoms with van der Waals surface area (Å²) in [5.74, 6) is 2.09. The molecule has 8 heteroatoms. The second-order valence-corrected chi connectivity index (χ2v) is 6.50. The van der Waals surface area contributed by atoms with Gasteiger partial charge >= 0.3 is 6.61 Å². The van der Waals surface area contributed by atoms with Crippen molar-refractivity contribution in [2.24, 2.45) is 0 Å². The van der Waals surface area contributed by atoms with Gasteiger partial charge in [0.2, 0.25) is 5.88 Å². The van der Waals surface area contributed by atoms with Gasteiger partial charge in [-0.3, -0.25) is 4.79 Å². The maximum atomic E-state index is 12.2. The average Bonchev–Trinajstić information content (AvgIpc) is 3.08. The van der Waals surface area contributed by atoms with Crippen molar-refractivity contribution in [2.75, 3.05) is 16.8 Å². The molecule has 132 valence electrons. The van der Waals surface area contributed by atoms with Crippen molar-refractivity contribution in [3.8, 4) is 11.6 Å². The van der Waals surface area contributed by atoms with Crippen LogP contribution in [0.25, 0.3) is 0 Å². The Morgan fingerprint density at radius 3 is 2.88 bits per heavy atom. The average molecular weight is 366 g/mol. The number of hydrogen-bond acceptors (Lipinski definition) is 5. The molecular weight excluding hydrogens is 350 g/mol. The second kappa shape index (κ2) is 8.15. The lowest BCUT2D eigenvalue weighted by molar-refractivity contribution is -0.0497. The Morgan fingerprint density at radius 1 is 1.32 bits per heavy atom. The van der Waals surface area contributed by atoms with Crippen LogP contribution in [0.15, 0.2) is 42.6 Å². The van der Waals surface area contributed by atoms with Gasteiger partial charge in [0.1, 0.15) is 11.9 Å². The Morgan fingerprint density at radius 2 is 2.20 bits per heavy atom. The Bertz CT molecular complexity index is 722. The molecule has 3 rings (SSSR count). The number of aromatic nitrogens is 1. The third kappa shape index (κ3) is 5.06. The number of carbonyl (C=O) groups is 1. The highest BCUT2D eigenvalue weighted by atomic mass is 32.2. The first-order valence-corrected chi connectivity index (χ1v) is 8.82. The molecule has 1 atom stereocenters. The minimum absolute atomic E-state index is 0.0240. The maximum Gasteiger partial charge on any atom is 0.387 e. The number of benzene rings is 1. The number of halogens is 2. The molecule has 1 N–H and O–H groups in total. The molecular formula is C17H16F2N2O3S. The lowest BCUT2D eigenvalue weighted by atomic mass is 10.2. The van der Waals surface area contributed by atoms with E-state index in [0.717, 1.165) is 17.9 Å². The van der Waals surface area contributed by atoms with Crippen molar-refractivity contribution >= 4 is 23.4 Å². The van der Waals surface area contributed by atoms with Crippen LogP contribution in [0.4, 0.5) is 14.5 Å². The number of pyridine rings is 1. The summed E-state index contributed by atoms with van der Waals surface area (Å²) in [6.07, 6.45) is 2.58. The first kappa shape index (κ1) is 17.5. The topological polar surface area (TPSA) is 60.5 Å². The SMILES string of the molecule is O=C(Nc1cccc(OC(F)F)c1)c1ccc(O[C@H]2CCSC2)nc1. The minimum atomic E-state index is -2.92. The van der Waals surface area contributed by atoms with Gasteiger partial charge in [-0.2, -0.15) is 20.5 Å². The Kier molecular flexibility index (Phi) is 5.70. The van der Waals surface area contributed by atoms with Gasteiger partial charge in [0.15, 0.2) is 0 Å². The van der Waals surface area contributed by atoms with Crippen LogP contribution >= 0.6 is 11.8 Å². The van der Waals surface area contributed by atoms with E-state index in [-0.39, 0.29) is 11.9 Å². The quantitative estimate of drug-likeness (QED) is 0.842. The van der Waals surface area contributed by atoms with Crippen LogP contribution in [0.1, 0.15) is 16.8 Å². The predicted molar refractivity (Wildman–Crippen MR) is 91.6 cm³/mol. The number of thioether (sulfide) groups is 1. The summed E-state index contributed by atoms with van der Waals surface area (Å²) in [4.78, 5) is 16.4. The summed E-state index contributed by atoms with van der Waals surface area (Å²) in [5.41, 5.74) is 0.694. The molecule has 0 saturated carbocycles. The largest absolute Gasteiger partial charge is 0.473 e. The van der Waals surface area contributed by atoms with Gasteiger partial charge in [-0.15, -0.1) is 0 Å². The molecule has 5 nitrogen and oxygen atoms in total. The van der Waals surface area contributed by atoms with E-state index in [1.54, 1.807) is 18.2 Å². The summed E-state index contributed by atoms with van der Waals surface area (Å²) < 4.78 is 34.5. The molecule has 25 heavy (non-hydrogen) atoms. The fourth-order valence-corrected chi connectivity index (χ4v) is 3.41. The Balaban J connectivity index is 1.61. The summed E-state index contributed by atoms with van der Waals surface area (Å²) in [6.45, 7) is -2.92. The van der Waals surface area contributed by atoms with Crippen molar-refractivity contribution in [1.29, 1.82) is 0 Å². The zero-order valence-corrected chi connectivity index (χ0v) is 14.0. The van der Waals surface area contributed by atoms with Gasteiger partial charge in [-0.25, -0.2) is 4.98 Å². The van der Waals surface area contributed by atoms with Gasteiger partial charge in [0, 0.05) is 29.8 Å². The van der Waals surface area contributed by atoms with E-state index >= 15 is 0 Å². The number of nitrogens with one attached hydrogen (secondary N) is 1. The van der Waals surface area contributed by atoms with Crippen LogP contribution in [-0.4, -0.2) is 35.1 Å². The van der Waals surface area contributed by atoms with Crippen molar-refractivity contribution in [3.63, 3.8) is 0 Å². The van der Waals surface area contributed by atoms with Crippen LogP contribution in [0.3, 0.4) is 0 Å². The molecule has 1 aromatic heterocycles. The normalized spacial score (nSPS) is 16.7. The van der Waals surface area contributed by atoms with Crippen molar-refractivity contribution in [3.05, 3.63) is 48.2 Å². The van der Waals surface area contributed by atoms with Crippen LogP contribution in [-0.2, 0) is 0 Å². The van der Waals surface area contributed by atoms with Gasteiger partial charge < -0.3 is 14.8 Å². The van der Waals surface area contributed by atoms with Crippen LogP contribution in [0.2, 0.25) is 0 Å². The van der Waals surface area contributed by atoms with Crippen molar-refractivity contribution in [1.82, 2.24) is 4.98 Å². The molecule has 1 fully saturated rings. The molecule has 1 amide bonds. The summed E-state index contributed by atoms with van der Waals surface area (Å²) in [5, 5.41) is 2.62. The predicted octanol–water partition coefficient (Wildman–Crippen LogP) is 3.82. The molecule has 0 aliphatic carbocycles. The highest BCUT2D eigenvalue weighted by molar-refractivity contribution is 7.99. The number of ether oxygens (including phenoxy) is 2. The molecule has 2 heterocycles. The summed E-state index contributed by atoms with van der Waals surface area (Å²) in [7, 11) is 0. The monoisotopic (exact) mass is 366 g/mol. The fraction of sp³-hybridized carbons (Fsp3) is 0.294. The standard InChI is InChI=1S/C17H16F2N2O3S/c18-17(19)24-13-3-1-2-12(8-13)21-16(22)11-4-5-15(20-9-11)23-14-6-7-25-10-14/h1-5,8-9,14,17H,6-7,10H2,(H,21,22)/t14-/m0/s1. The van der Waals surface area contributed by atoms with Gasteiger partial charge in [-0.1, -0.05) is 6.07 Å². The van der Waals surface area contributed by atoms with E-state index in [1.807, 2.05) is 11.8 Å². The second-order valence-electron chi connectivity index (χ2n) is 5.35. The van der Waals surface area contributed by atoms with E-state index in [1.165, 1.54) is 24.4 Å². The third-order valence-corrected chi connectivity index (χ3v) is 4.62. The number of alkyl halides is 2. The molecule has 1 aliphatic rings. The smallest absolute Gasteiger partial charge is 0.387 e.